The predicted molar refractivity (Wildman–Crippen MR) is 50.3 cm³/mol. The molecule has 1 aliphatic rings. The minimum Gasteiger partial charge on any atom is -0.269 e. The van der Waals surface area contributed by atoms with Crippen molar-refractivity contribution in [3.63, 3.8) is 0 Å². The molecule has 0 bridgehead atoms. The van der Waals surface area contributed by atoms with Gasteiger partial charge in [-0.15, -0.1) is 0 Å². The van der Waals surface area contributed by atoms with Crippen molar-refractivity contribution in [3.05, 3.63) is 24.4 Å². The third-order valence-corrected chi connectivity index (χ3v) is 2.94. The minimum absolute atomic E-state index is 0.00263. The van der Waals surface area contributed by atoms with Crippen molar-refractivity contribution in [3.8, 4) is 0 Å². The van der Waals surface area contributed by atoms with Crippen LogP contribution in [0.2, 0.25) is 0 Å². The van der Waals surface area contributed by atoms with Crippen molar-refractivity contribution >= 4 is 17.1 Å². The monoisotopic (exact) mass is 198 g/mol. The van der Waals surface area contributed by atoms with E-state index in [-0.39, 0.29) is 6.10 Å². The fraction of sp³-hybridized carbons (Fsp3) is 0.375. The molecule has 1 aromatic heterocycles. The largest absolute Gasteiger partial charge is 0.269 e. The quantitative estimate of drug-likeness (QED) is 0.673. The molecule has 2 heterocycles. The van der Waals surface area contributed by atoms with Gasteiger partial charge in [0, 0.05) is 6.20 Å². The van der Waals surface area contributed by atoms with Gasteiger partial charge in [-0.2, -0.15) is 0 Å². The van der Waals surface area contributed by atoms with E-state index in [1.54, 1.807) is 10.5 Å². The lowest BCUT2D eigenvalue weighted by atomic mass is 10.4. The maximum Gasteiger partial charge on any atom is 0.266 e. The van der Waals surface area contributed by atoms with E-state index < -0.39 is 11.3 Å². The highest BCUT2D eigenvalue weighted by molar-refractivity contribution is 7.82. The molecular formula is C8H10N2O2S. The van der Waals surface area contributed by atoms with E-state index in [0.29, 0.717) is 12.4 Å². The van der Waals surface area contributed by atoms with E-state index in [2.05, 4.69) is 4.98 Å². The van der Waals surface area contributed by atoms with Crippen molar-refractivity contribution in [2.24, 2.45) is 0 Å². The van der Waals surface area contributed by atoms with Crippen LogP contribution in [0, 0.1) is 0 Å². The first kappa shape index (κ1) is 8.65. The number of nitrogens with zero attached hydrogens (tertiary/aromatic N) is 2. The average Bonchev–Trinajstić information content (AvgIpc) is 2.47. The summed E-state index contributed by atoms with van der Waals surface area (Å²) in [7, 11) is 0. The molecule has 5 heteroatoms. The lowest BCUT2D eigenvalue weighted by molar-refractivity contribution is 0.287. The molecule has 0 spiro atoms. The first-order valence-corrected chi connectivity index (χ1v) is 5.08. The molecule has 0 saturated carbocycles. The smallest absolute Gasteiger partial charge is 0.266 e. The van der Waals surface area contributed by atoms with Gasteiger partial charge in [0.1, 0.15) is 5.82 Å². The molecule has 70 valence electrons. The second kappa shape index (κ2) is 3.43. The molecule has 1 unspecified atom stereocenters. The maximum atomic E-state index is 11.4. The van der Waals surface area contributed by atoms with Crippen LogP contribution in [0.3, 0.4) is 0 Å². The third-order valence-electron chi connectivity index (χ3n) is 1.75. The fourth-order valence-corrected chi connectivity index (χ4v) is 2.23. The normalized spacial score (nSPS) is 27.9. The highest BCUT2D eigenvalue weighted by Gasteiger charge is 2.28. The summed E-state index contributed by atoms with van der Waals surface area (Å²) in [5, 5.41) is 0. The van der Waals surface area contributed by atoms with Crippen LogP contribution in [0.1, 0.15) is 6.92 Å². The topological polar surface area (TPSA) is 42.4 Å². The summed E-state index contributed by atoms with van der Waals surface area (Å²) >= 11 is -1.37. The number of anilines is 1. The van der Waals surface area contributed by atoms with Gasteiger partial charge in [0.25, 0.3) is 11.3 Å². The first-order chi connectivity index (χ1) is 6.27. The molecule has 4 nitrogen and oxygen atoms in total. The second-order valence-corrected chi connectivity index (χ2v) is 3.94. The molecule has 0 amide bonds. The van der Waals surface area contributed by atoms with Gasteiger partial charge < -0.3 is 0 Å². The first-order valence-electron chi connectivity index (χ1n) is 4.05. The lowest BCUT2D eigenvalue weighted by Crippen LogP contribution is -2.21. The molecule has 1 aromatic rings. The Morgan fingerprint density at radius 3 is 3.08 bits per heavy atom. The molecule has 1 fully saturated rings. The Bertz CT molecular complexity index is 317. The number of aromatic nitrogens is 1. The van der Waals surface area contributed by atoms with Gasteiger partial charge in [-0.3, -0.25) is 4.18 Å². The van der Waals surface area contributed by atoms with E-state index in [9.17, 15) is 4.21 Å². The minimum atomic E-state index is -1.37. The molecule has 0 radical (unpaired) electrons. The summed E-state index contributed by atoms with van der Waals surface area (Å²) in [6.45, 7) is 2.52. The second-order valence-electron chi connectivity index (χ2n) is 2.87. The van der Waals surface area contributed by atoms with Crippen LogP contribution in [-0.2, 0) is 15.4 Å². The van der Waals surface area contributed by atoms with Crippen molar-refractivity contribution in [2.75, 3.05) is 10.8 Å². The van der Waals surface area contributed by atoms with E-state index >= 15 is 0 Å². The standard InChI is InChI=1S/C8H10N2O2S/c1-7-6-10(13(11)12-7)8-4-2-3-5-9-8/h2-5,7H,6H2,1H3/t7?,13-/m0/s1. The van der Waals surface area contributed by atoms with Gasteiger partial charge >= 0.3 is 0 Å². The van der Waals surface area contributed by atoms with Gasteiger partial charge in [-0.05, 0) is 19.1 Å². The van der Waals surface area contributed by atoms with Crippen LogP contribution in [0.5, 0.6) is 0 Å². The number of pyridine rings is 1. The highest BCUT2D eigenvalue weighted by Crippen LogP contribution is 2.20. The average molecular weight is 198 g/mol. The Kier molecular flexibility index (Phi) is 2.28. The summed E-state index contributed by atoms with van der Waals surface area (Å²) < 4.78 is 18.1. The Balaban J connectivity index is 2.23. The van der Waals surface area contributed by atoms with Crippen molar-refractivity contribution < 1.29 is 8.39 Å². The van der Waals surface area contributed by atoms with Crippen LogP contribution < -0.4 is 4.31 Å². The lowest BCUT2D eigenvalue weighted by Gasteiger charge is -2.11. The molecule has 0 N–H and O–H groups in total. The van der Waals surface area contributed by atoms with Crippen LogP contribution in [-0.4, -0.2) is 21.8 Å². The SMILES string of the molecule is CC1CN(c2ccccn2)[S@@](=O)O1. The summed E-state index contributed by atoms with van der Waals surface area (Å²) in [5.41, 5.74) is 0. The Morgan fingerprint density at radius 2 is 2.54 bits per heavy atom. The molecule has 2 atom stereocenters. The van der Waals surface area contributed by atoms with E-state index in [1.807, 2.05) is 25.1 Å². The van der Waals surface area contributed by atoms with Gasteiger partial charge in [0.15, 0.2) is 0 Å². The molecule has 2 rings (SSSR count). The zero-order valence-corrected chi connectivity index (χ0v) is 8.03. The number of rotatable bonds is 1. The van der Waals surface area contributed by atoms with Crippen LogP contribution in [0.15, 0.2) is 24.4 Å². The maximum absolute atomic E-state index is 11.4. The summed E-state index contributed by atoms with van der Waals surface area (Å²) in [4.78, 5) is 4.10. The molecule has 0 aromatic carbocycles. The molecule has 0 aliphatic carbocycles. The summed E-state index contributed by atoms with van der Waals surface area (Å²) in [6, 6.07) is 5.51. The van der Waals surface area contributed by atoms with Crippen molar-refractivity contribution in [2.45, 2.75) is 13.0 Å². The summed E-state index contributed by atoms with van der Waals surface area (Å²) in [6.07, 6.45) is 1.68. The van der Waals surface area contributed by atoms with Crippen molar-refractivity contribution in [1.29, 1.82) is 0 Å². The fourth-order valence-electron chi connectivity index (χ4n) is 1.19. The summed E-state index contributed by atoms with van der Waals surface area (Å²) in [5.74, 6) is 0.699. The zero-order chi connectivity index (χ0) is 9.26. The van der Waals surface area contributed by atoms with Crippen molar-refractivity contribution in [1.82, 2.24) is 4.98 Å². The van der Waals surface area contributed by atoms with Gasteiger partial charge in [0.05, 0.1) is 12.6 Å². The molecular weight excluding hydrogens is 188 g/mol. The van der Waals surface area contributed by atoms with Crippen LogP contribution in [0.25, 0.3) is 0 Å². The zero-order valence-electron chi connectivity index (χ0n) is 7.21. The molecule has 1 aliphatic heterocycles. The molecule has 13 heavy (non-hydrogen) atoms. The molecule has 1 saturated heterocycles. The number of hydrogen-bond acceptors (Lipinski definition) is 3. The Labute approximate surface area is 79.3 Å². The van der Waals surface area contributed by atoms with E-state index in [1.165, 1.54) is 0 Å². The highest BCUT2D eigenvalue weighted by atomic mass is 32.2. The van der Waals surface area contributed by atoms with Gasteiger partial charge in [0.2, 0.25) is 0 Å². The Hall–Kier alpha value is -0.940. The Morgan fingerprint density at radius 1 is 1.69 bits per heavy atom. The predicted octanol–water partition coefficient (Wildman–Crippen LogP) is 0.885. The van der Waals surface area contributed by atoms with Gasteiger partial charge in [-0.25, -0.2) is 13.5 Å². The number of hydrogen-bond donors (Lipinski definition) is 0. The third kappa shape index (κ3) is 1.71. The van der Waals surface area contributed by atoms with E-state index in [0.717, 1.165) is 0 Å². The van der Waals surface area contributed by atoms with Gasteiger partial charge in [-0.1, -0.05) is 6.07 Å². The van der Waals surface area contributed by atoms with Crippen LogP contribution in [0.4, 0.5) is 5.82 Å². The van der Waals surface area contributed by atoms with E-state index in [4.69, 9.17) is 4.18 Å². The van der Waals surface area contributed by atoms with Crippen LogP contribution >= 0.6 is 0 Å².